The van der Waals surface area contributed by atoms with Crippen LogP contribution in [0.1, 0.15) is 10.4 Å². The monoisotopic (exact) mass is 211 g/mol. The van der Waals surface area contributed by atoms with E-state index in [1.807, 2.05) is 0 Å². The first kappa shape index (κ1) is 11.7. The van der Waals surface area contributed by atoms with Gasteiger partial charge in [0.2, 0.25) is 0 Å². The summed E-state index contributed by atoms with van der Waals surface area (Å²) in [6.45, 7) is 0.300. The van der Waals surface area contributed by atoms with Crippen LogP contribution < -0.4 is 4.74 Å². The van der Waals surface area contributed by atoms with Crippen LogP contribution in [0.2, 0.25) is 0 Å². The summed E-state index contributed by atoms with van der Waals surface area (Å²) in [5.74, 6) is -0.420. The Morgan fingerprint density at radius 3 is 2.67 bits per heavy atom. The summed E-state index contributed by atoms with van der Waals surface area (Å²) >= 11 is 0. The van der Waals surface area contributed by atoms with Crippen LogP contribution in [-0.4, -0.2) is 38.4 Å². The zero-order valence-corrected chi connectivity index (χ0v) is 9.08. The summed E-state index contributed by atoms with van der Waals surface area (Å²) in [7, 11) is 4.98. The molecule has 0 fully saturated rings. The number of ether oxygens (including phenoxy) is 1. The minimum absolute atomic E-state index is 0.0571. The first-order chi connectivity index (χ1) is 7.04. The Morgan fingerprint density at radius 2 is 2.13 bits per heavy atom. The van der Waals surface area contributed by atoms with Crippen molar-refractivity contribution in [3.05, 3.63) is 29.6 Å². The minimum atomic E-state index is -0.459. The molecule has 82 valence electrons. The standard InChI is InChI=1S/C11H14FNO2/c1-13(2)7-10(14)8-4-5-9(12)11(6-8)15-3/h4-6H,7H2,1-3H3. The van der Waals surface area contributed by atoms with Gasteiger partial charge in [0.1, 0.15) is 0 Å². The van der Waals surface area contributed by atoms with Crippen LogP contribution in [0.25, 0.3) is 0 Å². The predicted molar refractivity (Wildman–Crippen MR) is 55.8 cm³/mol. The fraction of sp³-hybridized carbons (Fsp3) is 0.364. The number of Topliss-reactive ketones (excluding diaryl/α,β-unsaturated/α-hetero) is 1. The van der Waals surface area contributed by atoms with Gasteiger partial charge in [0.25, 0.3) is 0 Å². The molecule has 0 radical (unpaired) electrons. The first-order valence-electron chi connectivity index (χ1n) is 4.56. The van der Waals surface area contributed by atoms with E-state index < -0.39 is 5.82 Å². The lowest BCUT2D eigenvalue weighted by Crippen LogP contribution is -2.21. The molecule has 1 aromatic carbocycles. The number of likely N-dealkylation sites (N-methyl/N-ethyl adjacent to an activating group) is 1. The van der Waals surface area contributed by atoms with Crippen molar-refractivity contribution in [1.82, 2.24) is 4.90 Å². The third kappa shape index (κ3) is 3.02. The van der Waals surface area contributed by atoms with Crippen LogP contribution in [0.15, 0.2) is 18.2 Å². The second-order valence-electron chi connectivity index (χ2n) is 3.51. The summed E-state index contributed by atoms with van der Waals surface area (Å²) in [5, 5.41) is 0. The predicted octanol–water partition coefficient (Wildman–Crippen LogP) is 1.58. The molecule has 0 atom stereocenters. The van der Waals surface area contributed by atoms with Gasteiger partial charge < -0.3 is 9.64 Å². The van der Waals surface area contributed by atoms with Gasteiger partial charge in [-0.05, 0) is 32.3 Å². The van der Waals surface area contributed by atoms with Crippen LogP contribution in [-0.2, 0) is 0 Å². The topological polar surface area (TPSA) is 29.5 Å². The highest BCUT2D eigenvalue weighted by atomic mass is 19.1. The van der Waals surface area contributed by atoms with E-state index >= 15 is 0 Å². The molecule has 0 aliphatic rings. The molecule has 0 aliphatic heterocycles. The van der Waals surface area contributed by atoms with Crippen molar-refractivity contribution in [3.8, 4) is 5.75 Å². The number of hydrogen-bond donors (Lipinski definition) is 0. The molecule has 0 bridgehead atoms. The number of rotatable bonds is 4. The Morgan fingerprint density at radius 1 is 1.47 bits per heavy atom. The van der Waals surface area contributed by atoms with Gasteiger partial charge >= 0.3 is 0 Å². The number of hydrogen-bond acceptors (Lipinski definition) is 3. The van der Waals surface area contributed by atoms with Crippen LogP contribution in [0.5, 0.6) is 5.75 Å². The fourth-order valence-electron chi connectivity index (χ4n) is 1.21. The molecule has 0 saturated heterocycles. The number of nitrogens with zero attached hydrogens (tertiary/aromatic N) is 1. The van der Waals surface area contributed by atoms with Crippen LogP contribution in [0.4, 0.5) is 4.39 Å². The number of carbonyl (C=O) groups excluding carboxylic acids is 1. The van der Waals surface area contributed by atoms with E-state index in [1.165, 1.54) is 25.3 Å². The normalized spacial score (nSPS) is 10.5. The van der Waals surface area contributed by atoms with E-state index in [0.29, 0.717) is 12.1 Å². The highest BCUT2D eigenvalue weighted by molar-refractivity contribution is 5.97. The van der Waals surface area contributed by atoms with E-state index in [-0.39, 0.29) is 11.5 Å². The molecule has 0 amide bonds. The fourth-order valence-corrected chi connectivity index (χ4v) is 1.21. The molecule has 1 rings (SSSR count). The van der Waals surface area contributed by atoms with Gasteiger partial charge in [-0.2, -0.15) is 0 Å². The Kier molecular flexibility index (Phi) is 3.80. The largest absolute Gasteiger partial charge is 0.494 e. The number of halogens is 1. The van der Waals surface area contributed by atoms with Gasteiger partial charge in [0, 0.05) is 5.56 Å². The van der Waals surface area contributed by atoms with E-state index in [1.54, 1.807) is 19.0 Å². The summed E-state index contributed by atoms with van der Waals surface area (Å²) in [5.41, 5.74) is 0.460. The van der Waals surface area contributed by atoms with Crippen LogP contribution in [0.3, 0.4) is 0 Å². The maximum atomic E-state index is 13.0. The molecule has 0 aliphatic carbocycles. The highest BCUT2D eigenvalue weighted by Crippen LogP contribution is 2.18. The number of methoxy groups -OCH3 is 1. The molecule has 15 heavy (non-hydrogen) atoms. The molecule has 1 aromatic rings. The van der Waals surface area contributed by atoms with Crippen molar-refractivity contribution in [3.63, 3.8) is 0 Å². The van der Waals surface area contributed by atoms with E-state index in [2.05, 4.69) is 0 Å². The average molecular weight is 211 g/mol. The Balaban J connectivity index is 2.91. The second-order valence-corrected chi connectivity index (χ2v) is 3.51. The molecule has 0 aromatic heterocycles. The van der Waals surface area contributed by atoms with Crippen molar-refractivity contribution in [1.29, 1.82) is 0 Å². The van der Waals surface area contributed by atoms with Gasteiger partial charge in [-0.15, -0.1) is 0 Å². The lowest BCUT2D eigenvalue weighted by Gasteiger charge is -2.09. The zero-order chi connectivity index (χ0) is 11.4. The molecule has 0 N–H and O–H groups in total. The molecular formula is C11H14FNO2. The first-order valence-corrected chi connectivity index (χ1v) is 4.56. The number of carbonyl (C=O) groups is 1. The third-order valence-electron chi connectivity index (χ3n) is 1.93. The lowest BCUT2D eigenvalue weighted by atomic mass is 10.1. The van der Waals surface area contributed by atoms with E-state index in [0.717, 1.165) is 0 Å². The van der Waals surface area contributed by atoms with Crippen LogP contribution >= 0.6 is 0 Å². The van der Waals surface area contributed by atoms with Gasteiger partial charge in [-0.1, -0.05) is 0 Å². The quantitative estimate of drug-likeness (QED) is 0.708. The Labute approximate surface area is 88.5 Å². The summed E-state index contributed by atoms with van der Waals surface area (Å²) in [6.07, 6.45) is 0. The van der Waals surface area contributed by atoms with E-state index in [9.17, 15) is 9.18 Å². The molecule has 0 heterocycles. The third-order valence-corrected chi connectivity index (χ3v) is 1.93. The maximum Gasteiger partial charge on any atom is 0.176 e. The van der Waals surface area contributed by atoms with Crippen molar-refractivity contribution in [2.45, 2.75) is 0 Å². The average Bonchev–Trinajstić information content (AvgIpc) is 2.17. The summed E-state index contributed by atoms with van der Waals surface area (Å²) in [4.78, 5) is 13.4. The smallest absolute Gasteiger partial charge is 0.176 e. The van der Waals surface area contributed by atoms with Crippen LogP contribution in [0, 0.1) is 5.82 Å². The van der Waals surface area contributed by atoms with Crippen molar-refractivity contribution >= 4 is 5.78 Å². The zero-order valence-electron chi connectivity index (χ0n) is 9.08. The van der Waals surface area contributed by atoms with E-state index in [4.69, 9.17) is 4.74 Å². The van der Waals surface area contributed by atoms with Gasteiger partial charge in [-0.3, -0.25) is 4.79 Å². The van der Waals surface area contributed by atoms with Crippen molar-refractivity contribution < 1.29 is 13.9 Å². The molecule has 3 nitrogen and oxygen atoms in total. The Bertz CT molecular complexity index is 364. The number of ketones is 1. The lowest BCUT2D eigenvalue weighted by molar-refractivity contribution is 0.0957. The molecular weight excluding hydrogens is 197 g/mol. The highest BCUT2D eigenvalue weighted by Gasteiger charge is 2.10. The molecule has 0 saturated carbocycles. The van der Waals surface area contributed by atoms with Gasteiger partial charge in [-0.25, -0.2) is 4.39 Å². The second kappa shape index (κ2) is 4.89. The summed E-state index contributed by atoms with van der Waals surface area (Å²) in [6, 6.07) is 4.12. The van der Waals surface area contributed by atoms with Crippen molar-refractivity contribution in [2.75, 3.05) is 27.7 Å². The minimum Gasteiger partial charge on any atom is -0.494 e. The molecule has 4 heteroatoms. The van der Waals surface area contributed by atoms with Gasteiger partial charge in [0.15, 0.2) is 17.3 Å². The van der Waals surface area contributed by atoms with Crippen molar-refractivity contribution in [2.24, 2.45) is 0 Å². The Hall–Kier alpha value is -1.42. The summed E-state index contributed by atoms with van der Waals surface area (Å²) < 4.78 is 17.8. The SMILES string of the molecule is COc1cc(C(=O)CN(C)C)ccc1F. The number of benzene rings is 1. The molecule has 0 unspecified atom stereocenters. The van der Waals surface area contributed by atoms with Gasteiger partial charge in [0.05, 0.1) is 13.7 Å². The maximum absolute atomic E-state index is 13.0. The molecule has 0 spiro atoms.